The molecule has 0 aliphatic rings. The van der Waals surface area contributed by atoms with Gasteiger partial charge in [-0.3, -0.25) is 14.4 Å². The summed E-state index contributed by atoms with van der Waals surface area (Å²) in [5.41, 5.74) is 0. The molecule has 6 nitrogen and oxygen atoms in total. The van der Waals surface area contributed by atoms with Crippen molar-refractivity contribution in [1.29, 1.82) is 0 Å². The van der Waals surface area contributed by atoms with Gasteiger partial charge in [-0.05, 0) is 20.8 Å². The summed E-state index contributed by atoms with van der Waals surface area (Å²) in [6, 6.07) is -5.37. The summed E-state index contributed by atoms with van der Waals surface area (Å²) in [5, 5.41) is 0. The molecule has 120 valence electrons. The van der Waals surface area contributed by atoms with Crippen LogP contribution >= 0.6 is 0 Å². The first-order valence-corrected chi connectivity index (χ1v) is 7.15. The van der Waals surface area contributed by atoms with Gasteiger partial charge in [0.15, 0.2) is 0 Å². The molecule has 0 N–H and O–H groups in total. The molecule has 0 aliphatic heterocycles. The maximum atomic E-state index is 12.2. The van der Waals surface area contributed by atoms with Crippen molar-refractivity contribution in [3.63, 3.8) is 0 Å². The lowest BCUT2D eigenvalue weighted by molar-refractivity contribution is -0.125. The number of rotatable bonds is 9. The summed E-state index contributed by atoms with van der Waals surface area (Å²) in [6.07, 6.45) is 1.47. The second kappa shape index (κ2) is 9.81. The van der Waals surface area contributed by atoms with Gasteiger partial charge in [0, 0.05) is 18.2 Å². The van der Waals surface area contributed by atoms with Crippen LogP contribution in [-0.2, 0) is 25.7 Å². The zero-order valence-electron chi connectivity index (χ0n) is 11.9. The number of carbonyl (C=O) groups excluding carboxylic acids is 3. The summed E-state index contributed by atoms with van der Waals surface area (Å²) in [7, 11) is 0. The average molecular weight is 336 g/mol. The highest BCUT2D eigenvalue weighted by molar-refractivity contribution is 6.37. The molecule has 0 atom stereocenters. The zero-order chi connectivity index (χ0) is 17.3. The summed E-state index contributed by atoms with van der Waals surface area (Å²) in [4.78, 5) is 30.8. The van der Waals surface area contributed by atoms with Gasteiger partial charge in [0.2, 0.25) is 0 Å². The van der Waals surface area contributed by atoms with Gasteiger partial charge in [-0.1, -0.05) is 0 Å². The second-order valence-electron chi connectivity index (χ2n) is 3.82. The molecule has 0 saturated heterocycles. The fourth-order valence-electron chi connectivity index (χ4n) is 1.11. The Morgan fingerprint density at radius 1 is 0.682 bits per heavy atom. The Kier molecular flexibility index (Phi) is 8.90. The minimum atomic E-state index is -3.25. The van der Waals surface area contributed by atoms with E-state index >= 15 is 0 Å². The van der Waals surface area contributed by atoms with E-state index < -0.39 is 33.3 Å². The maximum absolute atomic E-state index is 12.2. The highest BCUT2D eigenvalue weighted by atomic mass is 27.3. The van der Waals surface area contributed by atoms with Crippen molar-refractivity contribution in [2.45, 2.75) is 20.8 Å². The first kappa shape index (κ1) is 20.0. The molecule has 10 heteroatoms. The zero-order valence-corrected chi connectivity index (χ0v) is 13.0. The van der Waals surface area contributed by atoms with Crippen LogP contribution in [0.15, 0.2) is 35.5 Å². The Morgan fingerprint density at radius 2 is 0.909 bits per heavy atom. The Hall–Kier alpha value is -2.05. The van der Waals surface area contributed by atoms with E-state index in [1.54, 1.807) is 0 Å². The molecule has 0 unspecified atom stereocenters. The van der Waals surface area contributed by atoms with Gasteiger partial charge in [-0.2, -0.15) is 13.2 Å². The number of allylic oxidation sites excluding steroid dienone is 6. The van der Waals surface area contributed by atoms with Gasteiger partial charge in [-0.25, -0.2) is 0 Å². The third-order valence-corrected chi connectivity index (χ3v) is 3.49. The van der Waals surface area contributed by atoms with Crippen LogP contribution in [0, 0.1) is 0 Å². The van der Waals surface area contributed by atoms with Crippen LogP contribution < -0.4 is 0 Å². The van der Waals surface area contributed by atoms with Crippen molar-refractivity contribution >= 4 is 33.3 Å². The van der Waals surface area contributed by atoms with Gasteiger partial charge < -0.3 is 11.4 Å². The highest BCUT2D eigenvalue weighted by Crippen LogP contribution is 2.11. The van der Waals surface area contributed by atoms with Crippen LogP contribution in [0.25, 0.3) is 0 Å². The first-order valence-electron chi connectivity index (χ1n) is 5.73. The van der Waals surface area contributed by atoms with Gasteiger partial charge in [-0.15, -0.1) is 0 Å². The molecule has 0 heterocycles. The van der Waals surface area contributed by atoms with Crippen LogP contribution in [0.5, 0.6) is 0 Å². The summed E-state index contributed by atoms with van der Waals surface area (Å²) in [6.45, 7) is 3.63. The molecule has 0 radical (unpaired) electrons. The molecule has 0 aromatic carbocycles. The molecular weight excluding hydrogens is 324 g/mol. The van der Waals surface area contributed by atoms with E-state index in [0.29, 0.717) is 18.2 Å². The summed E-state index contributed by atoms with van der Waals surface area (Å²) < 4.78 is 51.6. The minimum Gasteiger partial charge on any atom is -0.580 e. The van der Waals surface area contributed by atoms with Crippen LogP contribution in [0.2, 0.25) is 0 Å². The monoisotopic (exact) mass is 336 g/mol. The van der Waals surface area contributed by atoms with E-state index in [1.807, 2.05) is 0 Å². The molecule has 0 saturated carbocycles. The van der Waals surface area contributed by atoms with E-state index in [1.165, 1.54) is 20.8 Å². The van der Waals surface area contributed by atoms with E-state index in [2.05, 4.69) is 0 Å². The predicted octanol–water partition coefficient (Wildman–Crippen LogP) is 2.22. The Morgan fingerprint density at radius 3 is 1.09 bits per heavy atom. The SMILES string of the molecule is C/C(=C/C(=O)F)[O][Al]([O]/C(C)=C\C(=O)F)[O]/C(C)=C/C(=O)F. The molecule has 0 aromatic rings. The number of hydrogen-bond donors (Lipinski definition) is 0. The largest absolute Gasteiger partial charge is 1.20 e. The molecule has 0 spiro atoms. The molecular formula is C12H12AlF3O6. The fourth-order valence-corrected chi connectivity index (χ4v) is 2.37. The van der Waals surface area contributed by atoms with Crippen LogP contribution in [0.3, 0.4) is 0 Å². The van der Waals surface area contributed by atoms with Crippen molar-refractivity contribution in [1.82, 2.24) is 0 Å². The quantitative estimate of drug-likeness (QED) is 0.278. The Labute approximate surface area is 129 Å². The molecule has 0 aromatic heterocycles. The van der Waals surface area contributed by atoms with Crippen LogP contribution in [-0.4, -0.2) is 33.3 Å². The highest BCUT2D eigenvalue weighted by Gasteiger charge is 2.44. The molecule has 0 amide bonds. The second-order valence-corrected chi connectivity index (χ2v) is 5.10. The van der Waals surface area contributed by atoms with E-state index in [9.17, 15) is 27.6 Å². The predicted molar refractivity (Wildman–Crippen MR) is 68.6 cm³/mol. The first-order chi connectivity index (χ1) is 10.1. The maximum Gasteiger partial charge on any atom is 1.20 e. The van der Waals surface area contributed by atoms with Crippen molar-refractivity contribution in [3.8, 4) is 0 Å². The standard InChI is InChI=1S/3C4H5FO2.Al/c3*1-3(6)2-4(5)7;/h3*2,6H,1H3;/q;;;+3/p-3/b3-2+;2*3-2-;. The third-order valence-electron chi connectivity index (χ3n) is 1.80. The summed E-state index contributed by atoms with van der Waals surface area (Å²) >= 11 is -3.25. The molecule has 0 bridgehead atoms. The third kappa shape index (κ3) is 10.7. The summed E-state index contributed by atoms with van der Waals surface area (Å²) in [5.74, 6) is -0.659. The van der Waals surface area contributed by atoms with Crippen molar-refractivity contribution in [3.05, 3.63) is 35.5 Å². The Bertz CT molecular complexity index is 465. The number of halogens is 3. The van der Waals surface area contributed by atoms with Gasteiger partial charge >= 0.3 is 33.3 Å². The van der Waals surface area contributed by atoms with Crippen LogP contribution in [0.4, 0.5) is 13.2 Å². The van der Waals surface area contributed by atoms with Crippen molar-refractivity contribution < 1.29 is 38.9 Å². The topological polar surface area (TPSA) is 78.9 Å². The molecule has 0 fully saturated rings. The lowest BCUT2D eigenvalue weighted by atomic mass is 10.5. The van der Waals surface area contributed by atoms with Crippen molar-refractivity contribution in [2.75, 3.05) is 0 Å². The lowest BCUT2D eigenvalue weighted by Crippen LogP contribution is -2.26. The molecule has 0 aliphatic carbocycles. The number of hydrogen-bond acceptors (Lipinski definition) is 6. The smallest absolute Gasteiger partial charge is 0.580 e. The fraction of sp³-hybridized carbons (Fsp3) is 0.250. The van der Waals surface area contributed by atoms with Gasteiger partial charge in [0.05, 0.1) is 17.3 Å². The number of carbonyl (C=O) groups is 3. The lowest BCUT2D eigenvalue weighted by Gasteiger charge is -2.16. The minimum absolute atomic E-state index is 0.220. The van der Waals surface area contributed by atoms with Gasteiger partial charge in [0.25, 0.3) is 0 Å². The van der Waals surface area contributed by atoms with Crippen molar-refractivity contribution in [2.24, 2.45) is 0 Å². The van der Waals surface area contributed by atoms with Crippen LogP contribution in [0.1, 0.15) is 20.8 Å². The van der Waals surface area contributed by atoms with Gasteiger partial charge in [0.1, 0.15) is 0 Å². The normalized spacial score (nSPS) is 12.5. The Balaban J connectivity index is 5.10. The van der Waals surface area contributed by atoms with E-state index in [4.69, 9.17) is 11.4 Å². The average Bonchev–Trinajstić information content (AvgIpc) is 2.23. The molecule has 22 heavy (non-hydrogen) atoms. The van der Waals surface area contributed by atoms with E-state index in [0.717, 1.165) is 0 Å². The van der Waals surface area contributed by atoms with E-state index in [-0.39, 0.29) is 17.3 Å². The molecule has 0 rings (SSSR count).